The van der Waals surface area contributed by atoms with E-state index in [1.165, 1.54) is 23.9 Å². The van der Waals surface area contributed by atoms with Crippen molar-refractivity contribution in [1.82, 2.24) is 9.97 Å². The number of aryl methyl sites for hydroxylation is 1. The molecule has 98 valence electrons. The maximum absolute atomic E-state index is 13.1. The van der Waals surface area contributed by atoms with Gasteiger partial charge in [-0.3, -0.25) is 4.79 Å². The summed E-state index contributed by atoms with van der Waals surface area (Å²) in [6.07, 6.45) is 2.71. The van der Waals surface area contributed by atoms with Gasteiger partial charge in [0, 0.05) is 11.3 Å². The predicted octanol–water partition coefficient (Wildman–Crippen LogP) is 2.69. The standard InChI is InChI=1S/C14H13FN2OS/c15-10-4-1-3-9(7-10)8-19-14-16-12-6-2-5-11(12)13(18)17-14/h1,3-4,7H,2,5-6,8H2,(H,16,17,18). The molecule has 0 saturated carbocycles. The van der Waals surface area contributed by atoms with Crippen molar-refractivity contribution in [3.8, 4) is 0 Å². The van der Waals surface area contributed by atoms with Crippen LogP contribution in [-0.4, -0.2) is 9.97 Å². The van der Waals surface area contributed by atoms with Crippen LogP contribution in [0.4, 0.5) is 4.39 Å². The van der Waals surface area contributed by atoms with Gasteiger partial charge in [-0.05, 0) is 37.0 Å². The molecule has 0 atom stereocenters. The summed E-state index contributed by atoms with van der Waals surface area (Å²) in [5.41, 5.74) is 2.61. The molecule has 3 nitrogen and oxygen atoms in total. The van der Waals surface area contributed by atoms with Gasteiger partial charge in [0.2, 0.25) is 0 Å². The van der Waals surface area contributed by atoms with Crippen LogP contribution in [0.2, 0.25) is 0 Å². The molecular formula is C14H13FN2OS. The number of nitrogens with one attached hydrogen (secondary N) is 1. The highest BCUT2D eigenvalue weighted by Crippen LogP contribution is 2.22. The molecule has 5 heteroatoms. The molecule has 0 saturated heterocycles. The summed E-state index contributed by atoms with van der Waals surface area (Å²) in [5, 5.41) is 0.620. The number of aromatic amines is 1. The van der Waals surface area contributed by atoms with E-state index in [0.717, 1.165) is 36.1 Å². The Balaban J connectivity index is 1.77. The fourth-order valence-electron chi connectivity index (χ4n) is 2.27. The van der Waals surface area contributed by atoms with Crippen molar-refractivity contribution in [2.24, 2.45) is 0 Å². The molecule has 0 fully saturated rings. The van der Waals surface area contributed by atoms with Crippen molar-refractivity contribution in [2.75, 3.05) is 0 Å². The molecule has 1 aromatic carbocycles. The minimum absolute atomic E-state index is 0.0238. The topological polar surface area (TPSA) is 45.8 Å². The molecule has 2 aromatic rings. The number of aromatic nitrogens is 2. The fourth-order valence-corrected chi connectivity index (χ4v) is 3.09. The smallest absolute Gasteiger partial charge is 0.254 e. The first-order chi connectivity index (χ1) is 9.22. The van der Waals surface area contributed by atoms with Gasteiger partial charge in [0.25, 0.3) is 5.56 Å². The zero-order valence-corrected chi connectivity index (χ0v) is 11.1. The predicted molar refractivity (Wildman–Crippen MR) is 72.8 cm³/mol. The lowest BCUT2D eigenvalue weighted by molar-refractivity contribution is 0.626. The molecule has 1 N–H and O–H groups in total. The molecular weight excluding hydrogens is 263 g/mol. The van der Waals surface area contributed by atoms with Gasteiger partial charge in [-0.15, -0.1) is 0 Å². The van der Waals surface area contributed by atoms with E-state index in [1.807, 2.05) is 6.07 Å². The van der Waals surface area contributed by atoms with Crippen molar-refractivity contribution < 1.29 is 4.39 Å². The average molecular weight is 276 g/mol. The Morgan fingerprint density at radius 3 is 3.11 bits per heavy atom. The minimum Gasteiger partial charge on any atom is -0.301 e. The molecule has 0 unspecified atom stereocenters. The Morgan fingerprint density at radius 2 is 2.26 bits per heavy atom. The third-order valence-corrected chi connectivity index (χ3v) is 4.13. The molecule has 1 aliphatic carbocycles. The van der Waals surface area contributed by atoms with Gasteiger partial charge in [0.1, 0.15) is 5.82 Å². The van der Waals surface area contributed by atoms with E-state index >= 15 is 0 Å². The van der Waals surface area contributed by atoms with Crippen LogP contribution in [0.5, 0.6) is 0 Å². The van der Waals surface area contributed by atoms with Gasteiger partial charge in [-0.1, -0.05) is 23.9 Å². The second-order valence-corrected chi connectivity index (χ2v) is 5.53. The van der Waals surface area contributed by atoms with Crippen LogP contribution in [0.25, 0.3) is 0 Å². The number of fused-ring (bicyclic) bond motifs is 1. The minimum atomic E-state index is -0.242. The van der Waals surface area contributed by atoms with Crippen LogP contribution in [-0.2, 0) is 18.6 Å². The number of rotatable bonds is 3. The fraction of sp³-hybridized carbons (Fsp3) is 0.286. The van der Waals surface area contributed by atoms with Gasteiger partial charge in [0.15, 0.2) is 5.16 Å². The van der Waals surface area contributed by atoms with E-state index in [9.17, 15) is 9.18 Å². The summed E-state index contributed by atoms with van der Waals surface area (Å²) in [5.74, 6) is 0.355. The SMILES string of the molecule is O=c1[nH]c(SCc2cccc(F)c2)nc2c1CCC2. The first-order valence-corrected chi connectivity index (χ1v) is 7.20. The summed E-state index contributed by atoms with van der Waals surface area (Å²) in [6.45, 7) is 0. The summed E-state index contributed by atoms with van der Waals surface area (Å²) >= 11 is 1.43. The zero-order chi connectivity index (χ0) is 13.2. The second-order valence-electron chi connectivity index (χ2n) is 4.57. The van der Waals surface area contributed by atoms with Crippen molar-refractivity contribution in [1.29, 1.82) is 0 Å². The molecule has 19 heavy (non-hydrogen) atoms. The normalized spacial score (nSPS) is 13.5. The molecule has 1 aromatic heterocycles. The largest absolute Gasteiger partial charge is 0.301 e. The molecule has 1 heterocycles. The molecule has 3 rings (SSSR count). The molecule has 0 bridgehead atoms. The lowest BCUT2D eigenvalue weighted by Crippen LogP contribution is -2.14. The first-order valence-electron chi connectivity index (χ1n) is 6.22. The molecule has 0 spiro atoms. The van der Waals surface area contributed by atoms with Crippen LogP contribution in [0.15, 0.2) is 34.2 Å². The Hall–Kier alpha value is -1.62. The molecule has 0 radical (unpaired) electrons. The van der Waals surface area contributed by atoms with Gasteiger partial charge in [-0.2, -0.15) is 0 Å². The third kappa shape index (κ3) is 2.71. The van der Waals surface area contributed by atoms with E-state index in [0.29, 0.717) is 10.9 Å². The van der Waals surface area contributed by atoms with E-state index in [4.69, 9.17) is 0 Å². The van der Waals surface area contributed by atoms with Crippen LogP contribution in [0, 0.1) is 5.82 Å². The van der Waals surface area contributed by atoms with Crippen molar-refractivity contribution in [3.05, 3.63) is 57.3 Å². The monoisotopic (exact) mass is 276 g/mol. The molecule has 0 aliphatic heterocycles. The van der Waals surface area contributed by atoms with Crippen LogP contribution >= 0.6 is 11.8 Å². The Labute approximate surface area is 114 Å². The zero-order valence-electron chi connectivity index (χ0n) is 10.3. The maximum Gasteiger partial charge on any atom is 0.254 e. The highest BCUT2D eigenvalue weighted by atomic mass is 32.2. The second kappa shape index (κ2) is 5.17. The van der Waals surface area contributed by atoms with Crippen molar-refractivity contribution >= 4 is 11.8 Å². The summed E-state index contributed by atoms with van der Waals surface area (Å²) in [4.78, 5) is 19.1. The number of nitrogens with zero attached hydrogens (tertiary/aromatic N) is 1. The number of hydrogen-bond donors (Lipinski definition) is 1. The Kier molecular flexibility index (Phi) is 3.38. The Morgan fingerprint density at radius 1 is 1.37 bits per heavy atom. The van der Waals surface area contributed by atoms with Crippen LogP contribution < -0.4 is 5.56 Å². The van der Waals surface area contributed by atoms with Gasteiger partial charge in [0.05, 0.1) is 5.69 Å². The highest BCUT2D eigenvalue weighted by molar-refractivity contribution is 7.98. The number of thioether (sulfide) groups is 1. The van der Waals surface area contributed by atoms with Crippen molar-refractivity contribution in [2.45, 2.75) is 30.2 Å². The number of hydrogen-bond acceptors (Lipinski definition) is 3. The lowest BCUT2D eigenvalue weighted by Gasteiger charge is -2.04. The third-order valence-electron chi connectivity index (χ3n) is 3.18. The quantitative estimate of drug-likeness (QED) is 0.692. The number of benzene rings is 1. The lowest BCUT2D eigenvalue weighted by atomic mass is 10.2. The summed E-state index contributed by atoms with van der Waals surface area (Å²) in [7, 11) is 0. The van der Waals surface area contributed by atoms with E-state index in [-0.39, 0.29) is 11.4 Å². The number of halogens is 1. The van der Waals surface area contributed by atoms with Crippen LogP contribution in [0.1, 0.15) is 23.2 Å². The Bertz CT molecular complexity index is 669. The summed E-state index contributed by atoms with van der Waals surface area (Å²) in [6, 6.07) is 6.47. The van der Waals surface area contributed by atoms with Crippen molar-refractivity contribution in [3.63, 3.8) is 0 Å². The highest BCUT2D eigenvalue weighted by Gasteiger charge is 2.17. The van der Waals surface area contributed by atoms with E-state index in [1.54, 1.807) is 6.07 Å². The van der Waals surface area contributed by atoms with Gasteiger partial charge >= 0.3 is 0 Å². The van der Waals surface area contributed by atoms with Gasteiger partial charge < -0.3 is 4.98 Å². The summed E-state index contributed by atoms with van der Waals surface area (Å²) < 4.78 is 13.1. The van der Waals surface area contributed by atoms with E-state index in [2.05, 4.69) is 9.97 Å². The average Bonchev–Trinajstić information content (AvgIpc) is 2.85. The number of H-pyrrole nitrogens is 1. The first kappa shape index (κ1) is 12.4. The maximum atomic E-state index is 13.1. The van der Waals surface area contributed by atoms with Gasteiger partial charge in [-0.25, -0.2) is 9.37 Å². The van der Waals surface area contributed by atoms with Crippen LogP contribution in [0.3, 0.4) is 0 Å². The molecule has 0 amide bonds. The molecule has 1 aliphatic rings. The van der Waals surface area contributed by atoms with E-state index < -0.39 is 0 Å².